The summed E-state index contributed by atoms with van der Waals surface area (Å²) >= 11 is 1.72. The van der Waals surface area contributed by atoms with Gasteiger partial charge in [-0.15, -0.1) is 11.8 Å². The largest absolute Gasteiger partial charge is 0.328 e. The molecule has 8 heteroatoms. The van der Waals surface area contributed by atoms with Gasteiger partial charge >= 0.3 is 5.69 Å². The predicted octanol–water partition coefficient (Wildman–Crippen LogP) is 4.41. The van der Waals surface area contributed by atoms with Gasteiger partial charge in [-0.25, -0.2) is 13.2 Å². The summed E-state index contributed by atoms with van der Waals surface area (Å²) in [6.45, 7) is 1.92. The van der Waals surface area contributed by atoms with Crippen molar-refractivity contribution < 1.29 is 8.42 Å². The third kappa shape index (κ3) is 4.03. The fourth-order valence-corrected chi connectivity index (χ4v) is 6.47. The lowest BCUT2D eigenvalue weighted by molar-refractivity contribution is 0.516. The Labute approximate surface area is 181 Å². The molecule has 0 atom stereocenters. The van der Waals surface area contributed by atoms with Crippen molar-refractivity contribution in [3.05, 3.63) is 52.4 Å². The minimum atomic E-state index is -3.74. The number of anilines is 1. The Hall–Kier alpha value is -2.19. The molecule has 0 radical (unpaired) electrons. The second kappa shape index (κ2) is 8.15. The molecule has 6 nitrogen and oxygen atoms in total. The van der Waals surface area contributed by atoms with Crippen LogP contribution in [0.2, 0.25) is 0 Å². The molecule has 0 aliphatic heterocycles. The molecule has 1 saturated carbocycles. The Balaban J connectivity index is 1.79. The molecule has 0 amide bonds. The fourth-order valence-electron chi connectivity index (χ4n) is 3.99. The van der Waals surface area contributed by atoms with Crippen LogP contribution in [0.4, 0.5) is 5.69 Å². The first kappa shape index (κ1) is 21.1. The zero-order valence-corrected chi connectivity index (χ0v) is 19.1. The van der Waals surface area contributed by atoms with Gasteiger partial charge in [0.05, 0.1) is 21.6 Å². The van der Waals surface area contributed by atoms with E-state index in [-0.39, 0.29) is 10.6 Å². The van der Waals surface area contributed by atoms with Gasteiger partial charge in [0, 0.05) is 24.2 Å². The molecule has 2 aromatic carbocycles. The van der Waals surface area contributed by atoms with Gasteiger partial charge in [-0.1, -0.05) is 37.0 Å². The summed E-state index contributed by atoms with van der Waals surface area (Å²) in [5.41, 5.74) is 2.91. The average Bonchev–Trinajstić information content (AvgIpc) is 2.93. The van der Waals surface area contributed by atoms with E-state index in [1.54, 1.807) is 65.3 Å². The minimum Gasteiger partial charge on any atom is -0.295 e. The van der Waals surface area contributed by atoms with Crippen molar-refractivity contribution in [3.63, 3.8) is 0 Å². The van der Waals surface area contributed by atoms with E-state index in [0.717, 1.165) is 28.8 Å². The monoisotopic (exact) mass is 445 g/mol. The number of hydrogen-bond acceptors (Lipinski definition) is 4. The lowest BCUT2D eigenvalue weighted by Crippen LogP contribution is -2.19. The van der Waals surface area contributed by atoms with Crippen LogP contribution in [0, 0.1) is 6.92 Å². The molecular formula is C22H27N3O3S2. The van der Waals surface area contributed by atoms with Gasteiger partial charge in [0.2, 0.25) is 0 Å². The van der Waals surface area contributed by atoms with E-state index < -0.39 is 10.0 Å². The highest BCUT2D eigenvalue weighted by atomic mass is 32.2. The molecule has 1 aliphatic rings. The van der Waals surface area contributed by atoms with E-state index in [9.17, 15) is 13.2 Å². The molecule has 3 aromatic rings. The molecule has 1 N–H and O–H groups in total. The van der Waals surface area contributed by atoms with Crippen molar-refractivity contribution >= 4 is 38.5 Å². The second-order valence-electron chi connectivity index (χ2n) is 8.03. The zero-order chi connectivity index (χ0) is 21.5. The smallest absolute Gasteiger partial charge is 0.295 e. The van der Waals surface area contributed by atoms with Gasteiger partial charge in [0.15, 0.2) is 0 Å². The van der Waals surface area contributed by atoms with E-state index in [1.807, 2.05) is 13.0 Å². The summed E-state index contributed by atoms with van der Waals surface area (Å²) in [5, 5.41) is 0.458. The fraction of sp³-hybridized carbons (Fsp3) is 0.409. The number of nitrogens with zero attached hydrogens (tertiary/aromatic N) is 2. The molecule has 0 bridgehead atoms. The topological polar surface area (TPSA) is 73.1 Å². The Morgan fingerprint density at radius 3 is 2.20 bits per heavy atom. The van der Waals surface area contributed by atoms with Gasteiger partial charge in [-0.2, -0.15) is 0 Å². The van der Waals surface area contributed by atoms with Gasteiger partial charge in [0.1, 0.15) is 0 Å². The maximum atomic E-state index is 13.1. The summed E-state index contributed by atoms with van der Waals surface area (Å²) in [7, 11) is -0.285. The van der Waals surface area contributed by atoms with Crippen molar-refractivity contribution in [2.24, 2.45) is 14.1 Å². The van der Waals surface area contributed by atoms with Crippen LogP contribution in [-0.2, 0) is 24.1 Å². The Kier molecular flexibility index (Phi) is 5.72. The van der Waals surface area contributed by atoms with Crippen LogP contribution in [0.15, 0.2) is 51.0 Å². The van der Waals surface area contributed by atoms with Gasteiger partial charge in [0.25, 0.3) is 10.0 Å². The molecule has 0 unspecified atom stereocenters. The first-order valence-electron chi connectivity index (χ1n) is 10.2. The Morgan fingerprint density at radius 1 is 0.967 bits per heavy atom. The molecular weight excluding hydrogens is 418 g/mol. The number of thioether (sulfide) groups is 1. The lowest BCUT2D eigenvalue weighted by Gasteiger charge is -2.22. The number of aromatic nitrogens is 2. The minimum absolute atomic E-state index is 0.128. The highest BCUT2D eigenvalue weighted by Gasteiger charge is 2.22. The number of aryl methyl sites for hydroxylation is 3. The van der Waals surface area contributed by atoms with Crippen LogP contribution in [-0.4, -0.2) is 22.8 Å². The van der Waals surface area contributed by atoms with Crippen LogP contribution < -0.4 is 10.4 Å². The maximum absolute atomic E-state index is 13.1. The first-order chi connectivity index (χ1) is 14.3. The number of rotatable bonds is 5. The summed E-state index contributed by atoms with van der Waals surface area (Å²) in [4.78, 5) is 13.5. The molecule has 30 heavy (non-hydrogen) atoms. The average molecular weight is 446 g/mol. The van der Waals surface area contributed by atoms with Gasteiger partial charge in [-0.3, -0.25) is 13.9 Å². The van der Waals surface area contributed by atoms with Crippen molar-refractivity contribution in [2.75, 3.05) is 4.72 Å². The molecule has 1 heterocycles. The third-order valence-electron chi connectivity index (χ3n) is 5.79. The Morgan fingerprint density at radius 2 is 1.57 bits per heavy atom. The standard InChI is InChI=1S/C22H27N3O3S2/c1-15-9-11-17(12-10-15)30(27,28)23-18-13-19-20(25(3)22(26)24(19)2)14-21(18)29-16-7-5-4-6-8-16/h9-14,16,23H,4-8H2,1-3H3. The second-order valence-corrected chi connectivity index (χ2v) is 11.1. The summed E-state index contributed by atoms with van der Waals surface area (Å²) in [5.74, 6) is 0. The maximum Gasteiger partial charge on any atom is 0.328 e. The molecule has 1 aromatic heterocycles. The van der Waals surface area contributed by atoms with E-state index in [0.29, 0.717) is 16.5 Å². The van der Waals surface area contributed by atoms with E-state index in [4.69, 9.17) is 0 Å². The quantitative estimate of drug-likeness (QED) is 0.631. The van der Waals surface area contributed by atoms with Crippen LogP contribution in [0.5, 0.6) is 0 Å². The molecule has 160 valence electrons. The molecule has 0 spiro atoms. The van der Waals surface area contributed by atoms with Gasteiger partial charge < -0.3 is 0 Å². The highest BCUT2D eigenvalue weighted by molar-refractivity contribution is 8.00. The Bertz CT molecular complexity index is 1240. The molecule has 0 saturated heterocycles. The van der Waals surface area contributed by atoms with E-state index in [1.165, 1.54) is 19.3 Å². The number of sulfonamides is 1. The third-order valence-corrected chi connectivity index (χ3v) is 8.57. The SMILES string of the molecule is Cc1ccc(S(=O)(=O)Nc2cc3c(cc2SC2CCCCC2)n(C)c(=O)n3C)cc1. The number of benzene rings is 2. The lowest BCUT2D eigenvalue weighted by atomic mass is 10.0. The van der Waals surface area contributed by atoms with Crippen LogP contribution in [0.3, 0.4) is 0 Å². The van der Waals surface area contributed by atoms with Crippen LogP contribution >= 0.6 is 11.8 Å². The molecule has 1 fully saturated rings. The summed E-state index contributed by atoms with van der Waals surface area (Å²) in [6.07, 6.45) is 5.92. The molecule has 1 aliphatic carbocycles. The summed E-state index contributed by atoms with van der Waals surface area (Å²) < 4.78 is 32.1. The van der Waals surface area contributed by atoms with Crippen molar-refractivity contribution in [2.45, 2.75) is 54.1 Å². The van der Waals surface area contributed by atoms with Crippen molar-refractivity contribution in [1.82, 2.24) is 9.13 Å². The van der Waals surface area contributed by atoms with E-state index >= 15 is 0 Å². The van der Waals surface area contributed by atoms with E-state index in [2.05, 4.69) is 4.72 Å². The van der Waals surface area contributed by atoms with Crippen LogP contribution in [0.1, 0.15) is 37.7 Å². The zero-order valence-electron chi connectivity index (χ0n) is 17.5. The summed E-state index contributed by atoms with van der Waals surface area (Å²) in [6, 6.07) is 10.5. The highest BCUT2D eigenvalue weighted by Crippen LogP contribution is 2.39. The van der Waals surface area contributed by atoms with Crippen molar-refractivity contribution in [3.8, 4) is 0 Å². The number of hydrogen-bond donors (Lipinski definition) is 1. The normalized spacial score (nSPS) is 15.6. The number of nitrogens with one attached hydrogen (secondary N) is 1. The molecule has 4 rings (SSSR count). The number of fused-ring (bicyclic) bond motifs is 1. The first-order valence-corrected chi connectivity index (χ1v) is 12.6. The van der Waals surface area contributed by atoms with Gasteiger partial charge in [-0.05, 0) is 44.0 Å². The van der Waals surface area contributed by atoms with Crippen molar-refractivity contribution in [1.29, 1.82) is 0 Å². The van der Waals surface area contributed by atoms with Crippen LogP contribution in [0.25, 0.3) is 11.0 Å². The predicted molar refractivity (Wildman–Crippen MR) is 123 cm³/mol. The number of imidazole rings is 1.